The van der Waals surface area contributed by atoms with E-state index in [2.05, 4.69) is 10.6 Å². The molecule has 5 nitrogen and oxygen atoms in total. The van der Waals surface area contributed by atoms with Gasteiger partial charge in [-0.1, -0.05) is 24.1 Å². The molecule has 6 heteroatoms. The summed E-state index contributed by atoms with van der Waals surface area (Å²) >= 11 is 6.15. The van der Waals surface area contributed by atoms with Gasteiger partial charge >= 0.3 is 6.03 Å². The van der Waals surface area contributed by atoms with E-state index in [9.17, 15) is 4.79 Å². The Hall–Kier alpha value is -1.46. The first-order chi connectivity index (χ1) is 10.7. The zero-order chi connectivity index (χ0) is 15.9. The maximum Gasteiger partial charge on any atom is 0.315 e. The molecule has 0 radical (unpaired) electrons. The topological polar surface area (TPSA) is 70.6 Å². The fraction of sp³-hybridized carbons (Fsp3) is 0.562. The summed E-state index contributed by atoms with van der Waals surface area (Å²) in [6, 6.07) is 5.32. The lowest BCUT2D eigenvalue weighted by Crippen LogP contribution is -2.43. The summed E-state index contributed by atoms with van der Waals surface area (Å²) < 4.78 is 5.26. The first kappa shape index (κ1) is 16.9. The molecule has 0 bridgehead atoms. The molecule has 0 spiro atoms. The van der Waals surface area contributed by atoms with Gasteiger partial charge in [0.2, 0.25) is 0 Å². The quantitative estimate of drug-likeness (QED) is 0.752. The lowest BCUT2D eigenvalue weighted by molar-refractivity contribution is 0.221. The summed E-state index contributed by atoms with van der Waals surface area (Å²) in [4.78, 5) is 12.1. The van der Waals surface area contributed by atoms with Crippen LogP contribution in [0.1, 0.15) is 31.2 Å². The zero-order valence-electron chi connectivity index (χ0n) is 12.8. The molecule has 0 heterocycles. The molecule has 1 aromatic rings. The van der Waals surface area contributed by atoms with E-state index in [4.69, 9.17) is 21.4 Å². The summed E-state index contributed by atoms with van der Waals surface area (Å²) in [6.07, 6.45) is 3.86. The molecule has 122 valence electrons. The van der Waals surface area contributed by atoms with Crippen LogP contribution in [0, 0.1) is 5.92 Å². The van der Waals surface area contributed by atoms with Crippen molar-refractivity contribution in [1.29, 1.82) is 0 Å². The maximum atomic E-state index is 12.1. The van der Waals surface area contributed by atoms with Crippen LogP contribution >= 0.6 is 11.6 Å². The van der Waals surface area contributed by atoms with Gasteiger partial charge in [0.05, 0.1) is 7.11 Å². The predicted molar refractivity (Wildman–Crippen MR) is 86.2 cm³/mol. The van der Waals surface area contributed by atoms with E-state index in [1.54, 1.807) is 13.2 Å². The fourth-order valence-electron chi connectivity index (χ4n) is 3.03. The second-order valence-electron chi connectivity index (χ2n) is 5.56. The first-order valence-corrected chi connectivity index (χ1v) is 8.00. The molecule has 1 saturated carbocycles. The minimum atomic E-state index is -0.211. The van der Waals surface area contributed by atoms with E-state index in [0.29, 0.717) is 23.2 Å². The van der Waals surface area contributed by atoms with Gasteiger partial charge in [-0.05, 0) is 37.3 Å². The van der Waals surface area contributed by atoms with E-state index < -0.39 is 0 Å². The summed E-state index contributed by atoms with van der Waals surface area (Å²) in [7, 11) is 1.58. The molecule has 2 atom stereocenters. The smallest absolute Gasteiger partial charge is 0.315 e. The largest absolute Gasteiger partial charge is 0.496 e. The molecule has 22 heavy (non-hydrogen) atoms. The number of ether oxygens (including phenoxy) is 1. The lowest BCUT2D eigenvalue weighted by Gasteiger charge is -2.20. The van der Waals surface area contributed by atoms with E-state index in [-0.39, 0.29) is 18.7 Å². The van der Waals surface area contributed by atoms with Crippen molar-refractivity contribution in [3.8, 4) is 5.75 Å². The van der Waals surface area contributed by atoms with Crippen LogP contribution in [-0.4, -0.2) is 30.9 Å². The molecule has 1 aliphatic rings. The van der Waals surface area contributed by atoms with Gasteiger partial charge < -0.3 is 20.5 Å². The molecule has 0 aliphatic heterocycles. The zero-order valence-corrected chi connectivity index (χ0v) is 13.5. The Morgan fingerprint density at radius 2 is 2.27 bits per heavy atom. The third kappa shape index (κ3) is 4.27. The second kappa shape index (κ2) is 8.25. The SMILES string of the molecule is COc1cccc(Cl)c1CNC(=O)NC1CCCC1CCO. The molecule has 2 amide bonds. The number of hydrogen-bond donors (Lipinski definition) is 3. The van der Waals surface area contributed by atoms with Gasteiger partial charge in [-0.3, -0.25) is 0 Å². The normalized spacial score (nSPS) is 20.7. The van der Waals surface area contributed by atoms with Crippen molar-refractivity contribution in [2.45, 2.75) is 38.3 Å². The number of carbonyl (C=O) groups is 1. The van der Waals surface area contributed by atoms with Crippen LogP contribution in [0.3, 0.4) is 0 Å². The number of amides is 2. The van der Waals surface area contributed by atoms with Crippen molar-refractivity contribution < 1.29 is 14.6 Å². The highest BCUT2D eigenvalue weighted by atomic mass is 35.5. The number of aliphatic hydroxyl groups excluding tert-OH is 1. The molecule has 2 unspecified atom stereocenters. The van der Waals surface area contributed by atoms with Crippen LogP contribution in [0.4, 0.5) is 4.79 Å². The number of aliphatic hydroxyl groups is 1. The second-order valence-corrected chi connectivity index (χ2v) is 5.96. The van der Waals surface area contributed by atoms with Gasteiger partial charge in [-0.15, -0.1) is 0 Å². The minimum absolute atomic E-state index is 0.139. The number of nitrogens with one attached hydrogen (secondary N) is 2. The Labute approximate surface area is 136 Å². The molecule has 1 aliphatic carbocycles. The minimum Gasteiger partial charge on any atom is -0.496 e. The molecule has 3 N–H and O–H groups in total. The van der Waals surface area contributed by atoms with Crippen LogP contribution in [0.15, 0.2) is 18.2 Å². The molecular formula is C16H23ClN2O3. The van der Waals surface area contributed by atoms with Gasteiger partial charge in [0.15, 0.2) is 0 Å². The van der Waals surface area contributed by atoms with Crippen molar-refractivity contribution in [2.75, 3.05) is 13.7 Å². The number of rotatable bonds is 6. The Morgan fingerprint density at radius 3 is 3.00 bits per heavy atom. The Balaban J connectivity index is 1.88. The molecule has 0 saturated heterocycles. The van der Waals surface area contributed by atoms with Gasteiger partial charge in [0, 0.05) is 29.8 Å². The summed E-state index contributed by atoms with van der Waals surface area (Å²) in [5, 5.41) is 15.5. The van der Waals surface area contributed by atoms with E-state index in [1.165, 1.54) is 0 Å². The highest BCUT2D eigenvalue weighted by Gasteiger charge is 2.27. The maximum absolute atomic E-state index is 12.1. The van der Waals surface area contributed by atoms with Crippen molar-refractivity contribution in [2.24, 2.45) is 5.92 Å². The van der Waals surface area contributed by atoms with E-state index in [1.807, 2.05) is 12.1 Å². The highest BCUT2D eigenvalue weighted by molar-refractivity contribution is 6.31. The van der Waals surface area contributed by atoms with Gasteiger partial charge in [-0.25, -0.2) is 4.79 Å². The molecule has 1 aromatic carbocycles. The Kier molecular flexibility index (Phi) is 6.34. The van der Waals surface area contributed by atoms with Crippen molar-refractivity contribution in [3.05, 3.63) is 28.8 Å². The van der Waals surface area contributed by atoms with Crippen molar-refractivity contribution in [1.82, 2.24) is 10.6 Å². The number of methoxy groups -OCH3 is 1. The van der Waals surface area contributed by atoms with Gasteiger partial charge in [-0.2, -0.15) is 0 Å². The first-order valence-electron chi connectivity index (χ1n) is 7.62. The van der Waals surface area contributed by atoms with Gasteiger partial charge in [0.25, 0.3) is 0 Å². The summed E-state index contributed by atoms with van der Waals surface area (Å²) in [6.45, 7) is 0.480. The van der Waals surface area contributed by atoms with E-state index >= 15 is 0 Å². The Bertz CT molecular complexity index is 510. The van der Waals surface area contributed by atoms with Crippen LogP contribution in [-0.2, 0) is 6.54 Å². The van der Waals surface area contributed by atoms with Crippen LogP contribution in [0.5, 0.6) is 5.75 Å². The summed E-state index contributed by atoms with van der Waals surface area (Å²) in [5.41, 5.74) is 0.764. The molecule has 1 fully saturated rings. The number of urea groups is 1. The standard InChI is InChI=1S/C16H23ClN2O3/c1-22-15-7-3-5-13(17)12(15)10-18-16(21)19-14-6-2-4-11(14)8-9-20/h3,5,7,11,14,20H,2,4,6,8-10H2,1H3,(H2,18,19,21). The number of hydrogen-bond acceptors (Lipinski definition) is 3. The number of benzene rings is 1. The number of carbonyl (C=O) groups excluding carboxylic acids is 1. The number of halogens is 1. The molecule has 2 rings (SSSR count). The van der Waals surface area contributed by atoms with Crippen LogP contribution in [0.2, 0.25) is 5.02 Å². The third-order valence-electron chi connectivity index (χ3n) is 4.20. The van der Waals surface area contributed by atoms with Gasteiger partial charge in [0.1, 0.15) is 5.75 Å². The van der Waals surface area contributed by atoms with Crippen molar-refractivity contribution >= 4 is 17.6 Å². The van der Waals surface area contributed by atoms with Crippen LogP contribution in [0.25, 0.3) is 0 Å². The third-order valence-corrected chi connectivity index (χ3v) is 4.55. The Morgan fingerprint density at radius 1 is 1.45 bits per heavy atom. The average Bonchev–Trinajstić information content (AvgIpc) is 2.93. The fourth-order valence-corrected chi connectivity index (χ4v) is 3.26. The monoisotopic (exact) mass is 326 g/mol. The summed E-state index contributed by atoms with van der Waals surface area (Å²) in [5.74, 6) is 1.03. The highest BCUT2D eigenvalue weighted by Crippen LogP contribution is 2.28. The molecular weight excluding hydrogens is 304 g/mol. The van der Waals surface area contributed by atoms with E-state index in [0.717, 1.165) is 31.2 Å². The van der Waals surface area contributed by atoms with Crippen LogP contribution < -0.4 is 15.4 Å². The predicted octanol–water partition coefficient (Wildman–Crippen LogP) is 2.70. The molecule has 0 aromatic heterocycles. The lowest BCUT2D eigenvalue weighted by atomic mass is 10.0. The van der Waals surface area contributed by atoms with Crippen molar-refractivity contribution in [3.63, 3.8) is 0 Å². The average molecular weight is 327 g/mol.